The van der Waals surface area contributed by atoms with E-state index in [0.717, 1.165) is 33.2 Å². The molecule has 0 unspecified atom stereocenters. The summed E-state index contributed by atoms with van der Waals surface area (Å²) in [7, 11) is 1.91. The van der Waals surface area contributed by atoms with Crippen LogP contribution >= 0.6 is 39.1 Å². The Bertz CT molecular complexity index is 626. The number of rotatable bonds is 2. The SMILES string of the molecule is CCc1c(C)nc2c(Cl)c(Cl)c(Br)cc2c1NC. The first-order valence-electron chi connectivity index (χ1n) is 5.65. The lowest BCUT2D eigenvalue weighted by molar-refractivity contribution is 1.07. The molecule has 0 aliphatic heterocycles. The third-order valence-corrected chi connectivity index (χ3v) is 4.74. The van der Waals surface area contributed by atoms with Crippen molar-refractivity contribution in [2.75, 3.05) is 12.4 Å². The van der Waals surface area contributed by atoms with Gasteiger partial charge in [0.2, 0.25) is 0 Å². The van der Waals surface area contributed by atoms with Gasteiger partial charge in [0.25, 0.3) is 0 Å². The maximum Gasteiger partial charge on any atom is 0.0928 e. The molecule has 5 heteroatoms. The lowest BCUT2D eigenvalue weighted by Crippen LogP contribution is -2.01. The van der Waals surface area contributed by atoms with E-state index in [1.165, 1.54) is 5.56 Å². The molecule has 0 aliphatic rings. The van der Waals surface area contributed by atoms with Gasteiger partial charge in [-0.1, -0.05) is 30.1 Å². The van der Waals surface area contributed by atoms with Crippen LogP contribution in [0.25, 0.3) is 10.9 Å². The summed E-state index contributed by atoms with van der Waals surface area (Å²) in [6.45, 7) is 4.11. The number of benzene rings is 1. The van der Waals surface area contributed by atoms with Crippen LogP contribution in [0.5, 0.6) is 0 Å². The summed E-state index contributed by atoms with van der Waals surface area (Å²) < 4.78 is 0.783. The molecule has 0 bridgehead atoms. The lowest BCUT2D eigenvalue weighted by atomic mass is 10.0. The van der Waals surface area contributed by atoms with Crippen molar-refractivity contribution in [1.29, 1.82) is 0 Å². The Balaban J connectivity index is 2.98. The van der Waals surface area contributed by atoms with Crippen molar-refractivity contribution in [1.82, 2.24) is 4.98 Å². The predicted octanol–water partition coefficient (Wildman–Crippen LogP) is 5.22. The molecule has 0 fully saturated rings. The average Bonchev–Trinajstić information content (AvgIpc) is 2.36. The molecule has 0 spiro atoms. The Morgan fingerprint density at radius 2 is 2.00 bits per heavy atom. The fourth-order valence-corrected chi connectivity index (χ4v) is 3.11. The molecule has 0 amide bonds. The van der Waals surface area contributed by atoms with Crippen LogP contribution in [0.2, 0.25) is 10.0 Å². The fourth-order valence-electron chi connectivity index (χ4n) is 2.18. The molecular formula is C13H13BrCl2N2. The van der Waals surface area contributed by atoms with Crippen LogP contribution in [0.3, 0.4) is 0 Å². The first-order chi connectivity index (χ1) is 8.51. The molecule has 1 aromatic carbocycles. The molecule has 96 valence electrons. The summed E-state index contributed by atoms with van der Waals surface area (Å²) >= 11 is 15.8. The summed E-state index contributed by atoms with van der Waals surface area (Å²) in [4.78, 5) is 4.58. The third-order valence-electron chi connectivity index (χ3n) is 3.03. The van der Waals surface area contributed by atoms with E-state index in [0.29, 0.717) is 10.0 Å². The zero-order valence-electron chi connectivity index (χ0n) is 10.4. The van der Waals surface area contributed by atoms with E-state index in [2.05, 4.69) is 33.2 Å². The number of pyridine rings is 1. The van der Waals surface area contributed by atoms with E-state index in [4.69, 9.17) is 23.2 Å². The smallest absolute Gasteiger partial charge is 0.0928 e. The van der Waals surface area contributed by atoms with Crippen LogP contribution in [0, 0.1) is 6.92 Å². The lowest BCUT2D eigenvalue weighted by Gasteiger charge is -2.15. The molecule has 0 radical (unpaired) electrons. The highest BCUT2D eigenvalue weighted by molar-refractivity contribution is 9.10. The van der Waals surface area contributed by atoms with Crippen molar-refractivity contribution in [3.05, 3.63) is 31.8 Å². The minimum absolute atomic E-state index is 0.489. The first kappa shape index (κ1) is 13.9. The van der Waals surface area contributed by atoms with Gasteiger partial charge in [0.05, 0.1) is 15.6 Å². The molecule has 1 aromatic heterocycles. The predicted molar refractivity (Wildman–Crippen MR) is 83.1 cm³/mol. The Labute approximate surface area is 125 Å². The van der Waals surface area contributed by atoms with Gasteiger partial charge in [0.15, 0.2) is 0 Å². The molecule has 18 heavy (non-hydrogen) atoms. The van der Waals surface area contributed by atoms with Gasteiger partial charge < -0.3 is 5.32 Å². The normalized spacial score (nSPS) is 11.0. The van der Waals surface area contributed by atoms with Gasteiger partial charge >= 0.3 is 0 Å². The highest BCUT2D eigenvalue weighted by Crippen LogP contribution is 2.40. The number of hydrogen-bond donors (Lipinski definition) is 1. The number of anilines is 1. The molecule has 2 nitrogen and oxygen atoms in total. The molecule has 2 aromatic rings. The number of aryl methyl sites for hydroxylation is 1. The van der Waals surface area contributed by atoms with E-state index < -0.39 is 0 Å². The second-order valence-corrected chi connectivity index (χ2v) is 5.65. The van der Waals surface area contributed by atoms with Crippen molar-refractivity contribution in [3.8, 4) is 0 Å². The maximum atomic E-state index is 6.28. The average molecular weight is 348 g/mol. The summed E-state index contributed by atoms with van der Waals surface area (Å²) in [6, 6.07) is 1.96. The molecular weight excluding hydrogens is 335 g/mol. The first-order valence-corrected chi connectivity index (χ1v) is 7.20. The van der Waals surface area contributed by atoms with Crippen molar-refractivity contribution < 1.29 is 0 Å². The van der Waals surface area contributed by atoms with E-state index in [-0.39, 0.29) is 0 Å². The third kappa shape index (κ3) is 2.09. The largest absolute Gasteiger partial charge is 0.387 e. The van der Waals surface area contributed by atoms with Crippen LogP contribution < -0.4 is 5.32 Å². The number of nitrogens with one attached hydrogen (secondary N) is 1. The number of nitrogens with zero attached hydrogens (tertiary/aromatic N) is 1. The highest BCUT2D eigenvalue weighted by atomic mass is 79.9. The van der Waals surface area contributed by atoms with Gasteiger partial charge in [-0.15, -0.1) is 0 Å². The van der Waals surface area contributed by atoms with Crippen LogP contribution in [0.15, 0.2) is 10.5 Å². The van der Waals surface area contributed by atoms with Crippen molar-refractivity contribution in [3.63, 3.8) is 0 Å². The van der Waals surface area contributed by atoms with E-state index >= 15 is 0 Å². The number of aromatic nitrogens is 1. The molecule has 1 heterocycles. The summed E-state index contributed by atoms with van der Waals surface area (Å²) in [5, 5.41) is 5.22. The standard InChI is InChI=1S/C13H13BrCl2N2/c1-4-7-6(2)18-13-8(12(7)17-3)5-9(14)10(15)11(13)16/h5H,4H2,1-3H3,(H,17,18). The van der Waals surface area contributed by atoms with Crippen LogP contribution in [-0.4, -0.2) is 12.0 Å². The number of halogens is 3. The fraction of sp³-hybridized carbons (Fsp3) is 0.308. The minimum atomic E-state index is 0.489. The van der Waals surface area contributed by atoms with Crippen LogP contribution in [-0.2, 0) is 6.42 Å². The highest BCUT2D eigenvalue weighted by Gasteiger charge is 2.16. The van der Waals surface area contributed by atoms with Crippen LogP contribution in [0.1, 0.15) is 18.2 Å². The molecule has 2 rings (SSSR count). The van der Waals surface area contributed by atoms with Gasteiger partial charge in [-0.3, -0.25) is 4.98 Å². The zero-order valence-corrected chi connectivity index (χ0v) is 13.5. The Morgan fingerprint density at radius 1 is 1.33 bits per heavy atom. The number of fused-ring (bicyclic) bond motifs is 1. The van der Waals surface area contributed by atoms with Gasteiger partial charge in [-0.25, -0.2) is 0 Å². The van der Waals surface area contributed by atoms with Crippen molar-refractivity contribution in [2.24, 2.45) is 0 Å². The Morgan fingerprint density at radius 3 is 2.56 bits per heavy atom. The van der Waals surface area contributed by atoms with Gasteiger partial charge in [-0.2, -0.15) is 0 Å². The second-order valence-electron chi connectivity index (χ2n) is 4.04. The van der Waals surface area contributed by atoms with Crippen LogP contribution in [0.4, 0.5) is 5.69 Å². The molecule has 0 aliphatic carbocycles. The Hall–Kier alpha value is -0.510. The molecule has 0 atom stereocenters. The Kier molecular flexibility index (Phi) is 4.05. The summed E-state index contributed by atoms with van der Waals surface area (Å²) in [5.74, 6) is 0. The van der Waals surface area contributed by atoms with E-state index in [1.807, 2.05) is 20.0 Å². The monoisotopic (exact) mass is 346 g/mol. The molecule has 1 N–H and O–H groups in total. The van der Waals surface area contributed by atoms with Gasteiger partial charge in [-0.05, 0) is 40.9 Å². The topological polar surface area (TPSA) is 24.9 Å². The summed E-state index contributed by atoms with van der Waals surface area (Å²) in [5.41, 5.74) is 3.99. The van der Waals surface area contributed by atoms with Crippen molar-refractivity contribution >= 4 is 55.7 Å². The number of hydrogen-bond acceptors (Lipinski definition) is 2. The molecule has 0 saturated carbocycles. The summed E-state index contributed by atoms with van der Waals surface area (Å²) in [6.07, 6.45) is 0.919. The quantitative estimate of drug-likeness (QED) is 0.753. The zero-order chi connectivity index (χ0) is 13.4. The van der Waals surface area contributed by atoms with Gasteiger partial charge in [0, 0.05) is 28.3 Å². The van der Waals surface area contributed by atoms with Gasteiger partial charge in [0.1, 0.15) is 0 Å². The van der Waals surface area contributed by atoms with Crippen molar-refractivity contribution in [2.45, 2.75) is 20.3 Å². The van der Waals surface area contributed by atoms with E-state index in [1.54, 1.807) is 0 Å². The second kappa shape index (κ2) is 5.24. The maximum absolute atomic E-state index is 6.28. The van der Waals surface area contributed by atoms with E-state index in [9.17, 15) is 0 Å². The minimum Gasteiger partial charge on any atom is -0.387 e. The molecule has 0 saturated heterocycles.